The predicted octanol–water partition coefficient (Wildman–Crippen LogP) is 2.24. The maximum Gasteiger partial charge on any atom is 0.417 e. The number of halogens is 3. The van der Waals surface area contributed by atoms with Gasteiger partial charge in [-0.15, -0.1) is 0 Å². The van der Waals surface area contributed by atoms with Crippen LogP contribution >= 0.6 is 0 Å². The number of carboxylic acids is 1. The molecule has 0 amide bonds. The summed E-state index contributed by atoms with van der Waals surface area (Å²) in [6.07, 6.45) is -4.99. The van der Waals surface area contributed by atoms with Gasteiger partial charge in [-0.1, -0.05) is 19.1 Å². The van der Waals surface area contributed by atoms with Crippen molar-refractivity contribution < 1.29 is 31.5 Å². The molecular weight excluding hydrogens is 311 g/mol. The second-order valence-electron chi connectivity index (χ2n) is 4.59. The molecule has 0 spiro atoms. The summed E-state index contributed by atoms with van der Waals surface area (Å²) in [5.74, 6) is -1.47. The number of nitrogens with one attached hydrogen (secondary N) is 1. The van der Waals surface area contributed by atoms with E-state index in [1.807, 2.05) is 4.72 Å². The van der Waals surface area contributed by atoms with Crippen LogP contribution in [0.2, 0.25) is 0 Å². The lowest BCUT2D eigenvalue weighted by Crippen LogP contribution is -2.51. The molecule has 0 aromatic heterocycles. The molecule has 1 unspecified atom stereocenters. The molecule has 1 aromatic rings. The van der Waals surface area contributed by atoms with E-state index in [2.05, 4.69) is 0 Å². The molecule has 0 saturated carbocycles. The van der Waals surface area contributed by atoms with Crippen molar-refractivity contribution >= 4 is 16.0 Å². The van der Waals surface area contributed by atoms with E-state index < -0.39 is 38.2 Å². The Morgan fingerprint density at radius 1 is 1.29 bits per heavy atom. The van der Waals surface area contributed by atoms with Crippen molar-refractivity contribution in [3.05, 3.63) is 29.8 Å². The first-order valence-corrected chi connectivity index (χ1v) is 7.36. The minimum absolute atomic E-state index is 0.129. The van der Waals surface area contributed by atoms with Gasteiger partial charge in [-0.3, -0.25) is 4.79 Å². The zero-order valence-electron chi connectivity index (χ0n) is 11.2. The standard InChI is InChI=1S/C12H14F3NO4S/c1-3-11(2,10(17)18)16-21(19,20)9-7-5-4-6-8(9)12(13,14)15/h4-7,16H,3H2,1-2H3,(H,17,18). The number of hydrogen-bond acceptors (Lipinski definition) is 3. The molecular formula is C12H14F3NO4S. The van der Waals surface area contributed by atoms with Crippen LogP contribution in [0.25, 0.3) is 0 Å². The summed E-state index contributed by atoms with van der Waals surface area (Å²) < 4.78 is 64.6. The highest BCUT2D eigenvalue weighted by Gasteiger charge is 2.41. The highest BCUT2D eigenvalue weighted by molar-refractivity contribution is 7.89. The van der Waals surface area contributed by atoms with Gasteiger partial charge in [0.1, 0.15) is 5.54 Å². The van der Waals surface area contributed by atoms with E-state index in [1.165, 1.54) is 6.92 Å². The highest BCUT2D eigenvalue weighted by atomic mass is 32.2. The summed E-state index contributed by atoms with van der Waals surface area (Å²) in [5, 5.41) is 9.02. The molecule has 118 valence electrons. The maximum atomic E-state index is 12.8. The van der Waals surface area contributed by atoms with Crippen molar-refractivity contribution in [3.63, 3.8) is 0 Å². The number of carbonyl (C=O) groups is 1. The zero-order chi connectivity index (χ0) is 16.5. The molecule has 1 aromatic carbocycles. The van der Waals surface area contributed by atoms with Crippen LogP contribution < -0.4 is 4.72 Å². The molecule has 0 aliphatic heterocycles. The predicted molar refractivity (Wildman–Crippen MR) is 68.1 cm³/mol. The number of sulfonamides is 1. The number of alkyl halides is 3. The minimum atomic E-state index is -4.86. The van der Waals surface area contributed by atoms with Gasteiger partial charge >= 0.3 is 12.1 Å². The molecule has 0 aliphatic carbocycles. The quantitative estimate of drug-likeness (QED) is 0.869. The average Bonchev–Trinajstić information content (AvgIpc) is 2.37. The Bertz CT molecular complexity index is 642. The first-order chi connectivity index (χ1) is 9.44. The monoisotopic (exact) mass is 325 g/mol. The molecule has 0 bridgehead atoms. The highest BCUT2D eigenvalue weighted by Crippen LogP contribution is 2.34. The van der Waals surface area contributed by atoms with E-state index in [4.69, 9.17) is 5.11 Å². The fourth-order valence-electron chi connectivity index (χ4n) is 1.55. The smallest absolute Gasteiger partial charge is 0.417 e. The fraction of sp³-hybridized carbons (Fsp3) is 0.417. The molecule has 5 nitrogen and oxygen atoms in total. The maximum absolute atomic E-state index is 12.8. The van der Waals surface area contributed by atoms with Crippen molar-refractivity contribution in [1.29, 1.82) is 0 Å². The Morgan fingerprint density at radius 2 is 1.81 bits per heavy atom. The fourth-order valence-corrected chi connectivity index (χ4v) is 3.22. The van der Waals surface area contributed by atoms with E-state index >= 15 is 0 Å². The van der Waals surface area contributed by atoms with Crippen molar-refractivity contribution in [1.82, 2.24) is 4.72 Å². The van der Waals surface area contributed by atoms with Gasteiger partial charge in [0, 0.05) is 0 Å². The molecule has 0 heterocycles. The lowest BCUT2D eigenvalue weighted by Gasteiger charge is -2.25. The first-order valence-electron chi connectivity index (χ1n) is 5.87. The van der Waals surface area contributed by atoms with Gasteiger partial charge in [0.15, 0.2) is 0 Å². The Labute approximate surface area is 119 Å². The number of carboxylic acid groups (broad SMARTS) is 1. The van der Waals surface area contributed by atoms with Crippen molar-refractivity contribution in [2.45, 2.75) is 36.9 Å². The van der Waals surface area contributed by atoms with Crippen molar-refractivity contribution in [2.75, 3.05) is 0 Å². The van der Waals surface area contributed by atoms with Crippen molar-refractivity contribution in [2.24, 2.45) is 0 Å². The number of hydrogen-bond donors (Lipinski definition) is 2. The van der Waals surface area contributed by atoms with Gasteiger partial charge in [0.2, 0.25) is 10.0 Å². The van der Waals surface area contributed by atoms with Crippen LogP contribution in [-0.2, 0) is 21.0 Å². The molecule has 1 atom stereocenters. The summed E-state index contributed by atoms with van der Waals surface area (Å²) in [4.78, 5) is 10.1. The topological polar surface area (TPSA) is 83.5 Å². The number of benzene rings is 1. The van der Waals surface area contributed by atoms with Gasteiger partial charge in [0.05, 0.1) is 10.5 Å². The summed E-state index contributed by atoms with van der Waals surface area (Å²) in [6.45, 7) is 2.50. The van der Waals surface area contributed by atoms with Crippen molar-refractivity contribution in [3.8, 4) is 0 Å². The van der Waals surface area contributed by atoms with Gasteiger partial charge in [0.25, 0.3) is 0 Å². The van der Waals surface area contributed by atoms with Crippen LogP contribution in [0.5, 0.6) is 0 Å². The van der Waals surface area contributed by atoms with E-state index in [9.17, 15) is 26.4 Å². The Kier molecular flexibility index (Phi) is 4.69. The SMILES string of the molecule is CCC(C)(NS(=O)(=O)c1ccccc1C(F)(F)F)C(=O)O. The molecule has 2 N–H and O–H groups in total. The molecule has 9 heteroatoms. The van der Waals surface area contributed by atoms with Crippen LogP contribution in [0, 0.1) is 0 Å². The van der Waals surface area contributed by atoms with Gasteiger partial charge in [-0.2, -0.15) is 17.9 Å². The van der Waals surface area contributed by atoms with Crippen LogP contribution in [-0.4, -0.2) is 25.0 Å². The molecule has 1 rings (SSSR count). The Balaban J connectivity index is 3.37. The van der Waals surface area contributed by atoms with Gasteiger partial charge in [-0.05, 0) is 25.5 Å². The third kappa shape index (κ3) is 3.73. The van der Waals surface area contributed by atoms with E-state index in [0.29, 0.717) is 6.07 Å². The Morgan fingerprint density at radius 3 is 2.24 bits per heavy atom. The first kappa shape index (κ1) is 17.4. The van der Waals surface area contributed by atoms with E-state index in [0.717, 1.165) is 25.1 Å². The minimum Gasteiger partial charge on any atom is -0.480 e. The number of aliphatic carboxylic acids is 1. The van der Waals surface area contributed by atoms with E-state index in [-0.39, 0.29) is 6.42 Å². The van der Waals surface area contributed by atoms with E-state index in [1.54, 1.807) is 0 Å². The molecule has 0 saturated heterocycles. The zero-order valence-corrected chi connectivity index (χ0v) is 12.0. The summed E-state index contributed by atoms with van der Waals surface area (Å²) in [5.41, 5.74) is -3.24. The Hall–Kier alpha value is -1.61. The van der Waals surface area contributed by atoms with Crippen LogP contribution in [0.3, 0.4) is 0 Å². The second kappa shape index (κ2) is 5.64. The molecule has 0 radical (unpaired) electrons. The van der Waals surface area contributed by atoms with Gasteiger partial charge < -0.3 is 5.11 Å². The third-order valence-corrected chi connectivity index (χ3v) is 4.68. The largest absolute Gasteiger partial charge is 0.480 e. The average molecular weight is 325 g/mol. The lowest BCUT2D eigenvalue weighted by atomic mass is 10.0. The molecule has 0 aliphatic rings. The third-order valence-electron chi connectivity index (χ3n) is 3.02. The van der Waals surface area contributed by atoms with Crippen LogP contribution in [0.15, 0.2) is 29.2 Å². The molecule has 21 heavy (non-hydrogen) atoms. The second-order valence-corrected chi connectivity index (χ2v) is 6.24. The summed E-state index contributed by atoms with van der Waals surface area (Å²) in [6, 6.07) is 3.59. The summed E-state index contributed by atoms with van der Waals surface area (Å²) in [7, 11) is -4.64. The summed E-state index contributed by atoms with van der Waals surface area (Å²) >= 11 is 0. The van der Waals surface area contributed by atoms with Gasteiger partial charge in [-0.25, -0.2) is 8.42 Å². The van der Waals surface area contributed by atoms with Crippen LogP contribution in [0.4, 0.5) is 13.2 Å². The number of rotatable bonds is 5. The lowest BCUT2D eigenvalue weighted by molar-refractivity contribution is -0.143. The normalized spacial score (nSPS) is 15.5. The molecule has 0 fully saturated rings. The van der Waals surface area contributed by atoms with Crippen LogP contribution in [0.1, 0.15) is 25.8 Å².